The van der Waals surface area contributed by atoms with E-state index in [0.29, 0.717) is 12.7 Å². The van der Waals surface area contributed by atoms with Gasteiger partial charge in [-0.2, -0.15) is 5.26 Å². The van der Waals surface area contributed by atoms with E-state index >= 15 is 0 Å². The molecular formula is C12H22N2O. The summed E-state index contributed by atoms with van der Waals surface area (Å²) in [6.07, 6.45) is 3.96. The number of nitrogens with zero attached hydrogens (tertiary/aromatic N) is 1. The van der Waals surface area contributed by atoms with Gasteiger partial charge in [0, 0.05) is 0 Å². The minimum atomic E-state index is -0.169. The van der Waals surface area contributed by atoms with Gasteiger partial charge in [0.25, 0.3) is 0 Å². The molecule has 0 bridgehead atoms. The topological polar surface area (TPSA) is 45.0 Å². The first kappa shape index (κ1) is 12.5. The van der Waals surface area contributed by atoms with Gasteiger partial charge in [-0.15, -0.1) is 0 Å². The van der Waals surface area contributed by atoms with Crippen LogP contribution in [-0.2, 0) is 4.74 Å². The molecule has 1 aliphatic rings. The van der Waals surface area contributed by atoms with Crippen molar-refractivity contribution in [3.63, 3.8) is 0 Å². The van der Waals surface area contributed by atoms with Crippen molar-refractivity contribution >= 4 is 0 Å². The molecule has 0 aliphatic heterocycles. The predicted octanol–water partition coefficient (Wildman–Crippen LogP) is 1.94. The monoisotopic (exact) mass is 210 g/mol. The first-order valence-electron chi connectivity index (χ1n) is 5.84. The van der Waals surface area contributed by atoms with Crippen LogP contribution in [0.25, 0.3) is 0 Å². The molecule has 1 rings (SSSR count). The van der Waals surface area contributed by atoms with Gasteiger partial charge in [-0.1, -0.05) is 13.8 Å². The van der Waals surface area contributed by atoms with Gasteiger partial charge in [0.1, 0.15) is 6.04 Å². The third-order valence-corrected chi connectivity index (χ3v) is 3.14. The first-order valence-corrected chi connectivity index (χ1v) is 5.84. The molecule has 1 fully saturated rings. The lowest BCUT2D eigenvalue weighted by atomic mass is 9.82. The number of ether oxygens (including phenoxy) is 1. The van der Waals surface area contributed by atoms with Crippen LogP contribution in [0.2, 0.25) is 0 Å². The molecule has 1 aliphatic carbocycles. The van der Waals surface area contributed by atoms with Gasteiger partial charge in [0.2, 0.25) is 0 Å². The van der Waals surface area contributed by atoms with Gasteiger partial charge in [0.15, 0.2) is 0 Å². The standard InChI is InChI=1S/C12H22N2O/c1-9-4-10(2)6-12(5-9)15-8-11(7-13)14-3/h9-12,14H,4-6,8H2,1-3H3. The van der Waals surface area contributed by atoms with E-state index in [9.17, 15) is 0 Å². The fourth-order valence-electron chi connectivity index (χ4n) is 2.43. The lowest BCUT2D eigenvalue weighted by Crippen LogP contribution is -2.33. The van der Waals surface area contributed by atoms with Gasteiger partial charge in [-0.05, 0) is 38.1 Å². The van der Waals surface area contributed by atoms with E-state index in [-0.39, 0.29) is 6.04 Å². The van der Waals surface area contributed by atoms with Crippen LogP contribution >= 0.6 is 0 Å². The molecule has 0 aromatic heterocycles. The normalized spacial score (nSPS) is 33.3. The van der Waals surface area contributed by atoms with Crippen molar-refractivity contribution in [1.29, 1.82) is 5.26 Å². The summed E-state index contributed by atoms with van der Waals surface area (Å²) in [6, 6.07) is 2.01. The maximum absolute atomic E-state index is 8.77. The lowest BCUT2D eigenvalue weighted by molar-refractivity contribution is -0.00285. The van der Waals surface area contributed by atoms with E-state index in [1.165, 1.54) is 6.42 Å². The number of hydrogen-bond donors (Lipinski definition) is 1. The molecule has 1 N–H and O–H groups in total. The minimum Gasteiger partial charge on any atom is -0.375 e. The molecule has 3 nitrogen and oxygen atoms in total. The van der Waals surface area contributed by atoms with Crippen LogP contribution in [0.5, 0.6) is 0 Å². The molecule has 3 heteroatoms. The summed E-state index contributed by atoms with van der Waals surface area (Å²) in [5.74, 6) is 1.52. The summed E-state index contributed by atoms with van der Waals surface area (Å²) in [7, 11) is 1.80. The second-order valence-corrected chi connectivity index (χ2v) is 4.84. The Labute approximate surface area is 92.8 Å². The SMILES string of the molecule is CNC(C#N)COC1CC(C)CC(C)C1. The molecular weight excluding hydrogens is 188 g/mol. The van der Waals surface area contributed by atoms with Crippen molar-refractivity contribution in [2.45, 2.75) is 45.3 Å². The quantitative estimate of drug-likeness (QED) is 0.771. The molecule has 0 radical (unpaired) electrons. The van der Waals surface area contributed by atoms with Crippen molar-refractivity contribution in [3.05, 3.63) is 0 Å². The molecule has 15 heavy (non-hydrogen) atoms. The number of rotatable bonds is 4. The number of likely N-dealkylation sites (N-methyl/N-ethyl adjacent to an activating group) is 1. The van der Waals surface area contributed by atoms with E-state index in [4.69, 9.17) is 10.00 Å². The highest BCUT2D eigenvalue weighted by molar-refractivity contribution is 4.89. The van der Waals surface area contributed by atoms with Crippen LogP contribution in [0.4, 0.5) is 0 Å². The summed E-state index contributed by atoms with van der Waals surface area (Å²) in [5, 5.41) is 11.7. The number of hydrogen-bond acceptors (Lipinski definition) is 3. The minimum absolute atomic E-state index is 0.169. The molecule has 0 spiro atoms. The van der Waals surface area contributed by atoms with E-state index in [1.54, 1.807) is 7.05 Å². The zero-order valence-electron chi connectivity index (χ0n) is 9.99. The summed E-state index contributed by atoms with van der Waals surface area (Å²) in [5.41, 5.74) is 0. The Morgan fingerprint density at radius 2 is 1.93 bits per heavy atom. The smallest absolute Gasteiger partial charge is 0.119 e. The first-order chi connectivity index (χ1) is 7.15. The maximum Gasteiger partial charge on any atom is 0.119 e. The largest absolute Gasteiger partial charge is 0.375 e. The van der Waals surface area contributed by atoms with Gasteiger partial charge >= 0.3 is 0 Å². The zero-order valence-corrected chi connectivity index (χ0v) is 9.99. The number of nitrogens with one attached hydrogen (secondary N) is 1. The highest BCUT2D eigenvalue weighted by atomic mass is 16.5. The van der Waals surface area contributed by atoms with Crippen molar-refractivity contribution in [2.75, 3.05) is 13.7 Å². The van der Waals surface area contributed by atoms with Crippen LogP contribution in [0.3, 0.4) is 0 Å². The predicted molar refractivity (Wildman–Crippen MR) is 60.4 cm³/mol. The van der Waals surface area contributed by atoms with E-state index in [0.717, 1.165) is 24.7 Å². The fraction of sp³-hybridized carbons (Fsp3) is 0.917. The van der Waals surface area contributed by atoms with Crippen LogP contribution in [0.15, 0.2) is 0 Å². The number of nitriles is 1. The summed E-state index contributed by atoms with van der Waals surface area (Å²) in [4.78, 5) is 0. The molecule has 3 atom stereocenters. The second-order valence-electron chi connectivity index (χ2n) is 4.84. The highest BCUT2D eigenvalue weighted by Gasteiger charge is 2.24. The summed E-state index contributed by atoms with van der Waals surface area (Å²) >= 11 is 0. The molecule has 0 heterocycles. The maximum atomic E-state index is 8.77. The van der Waals surface area contributed by atoms with E-state index in [2.05, 4.69) is 25.2 Å². The molecule has 0 amide bonds. The molecule has 0 aromatic rings. The van der Waals surface area contributed by atoms with Gasteiger partial charge in [-0.3, -0.25) is 0 Å². The van der Waals surface area contributed by atoms with E-state index in [1.807, 2.05) is 0 Å². The summed E-state index contributed by atoms with van der Waals surface area (Å²) in [6.45, 7) is 5.08. The third kappa shape index (κ3) is 4.19. The Morgan fingerprint density at radius 1 is 1.33 bits per heavy atom. The van der Waals surface area contributed by atoms with Crippen molar-refractivity contribution < 1.29 is 4.74 Å². The summed E-state index contributed by atoms with van der Waals surface area (Å²) < 4.78 is 5.78. The van der Waals surface area contributed by atoms with Crippen molar-refractivity contribution in [1.82, 2.24) is 5.32 Å². The molecule has 86 valence electrons. The molecule has 1 saturated carbocycles. The molecule has 0 aromatic carbocycles. The molecule has 0 saturated heterocycles. The fourth-order valence-corrected chi connectivity index (χ4v) is 2.43. The Morgan fingerprint density at radius 3 is 2.40 bits per heavy atom. The van der Waals surface area contributed by atoms with Crippen LogP contribution in [0, 0.1) is 23.2 Å². The second kappa shape index (κ2) is 6.09. The average molecular weight is 210 g/mol. The molecule has 3 unspecified atom stereocenters. The van der Waals surface area contributed by atoms with Crippen molar-refractivity contribution in [2.24, 2.45) is 11.8 Å². The average Bonchev–Trinajstić information content (AvgIpc) is 2.18. The Bertz CT molecular complexity index is 214. The van der Waals surface area contributed by atoms with E-state index < -0.39 is 0 Å². The third-order valence-electron chi connectivity index (χ3n) is 3.14. The van der Waals surface area contributed by atoms with Crippen LogP contribution < -0.4 is 5.32 Å². The van der Waals surface area contributed by atoms with Crippen molar-refractivity contribution in [3.8, 4) is 6.07 Å². The van der Waals surface area contributed by atoms with Crippen LogP contribution in [-0.4, -0.2) is 25.8 Å². The van der Waals surface area contributed by atoms with Gasteiger partial charge in [-0.25, -0.2) is 0 Å². The van der Waals surface area contributed by atoms with Gasteiger partial charge < -0.3 is 10.1 Å². The zero-order chi connectivity index (χ0) is 11.3. The van der Waals surface area contributed by atoms with Gasteiger partial charge in [0.05, 0.1) is 18.8 Å². The Kier molecular flexibility index (Phi) is 5.07. The van der Waals surface area contributed by atoms with Crippen LogP contribution in [0.1, 0.15) is 33.1 Å². The lowest BCUT2D eigenvalue weighted by Gasteiger charge is -2.31. The Hall–Kier alpha value is -0.590. The Balaban J connectivity index is 2.29. The highest BCUT2D eigenvalue weighted by Crippen LogP contribution is 2.30.